The maximum absolute atomic E-state index is 14.7. The van der Waals surface area contributed by atoms with E-state index in [0.717, 1.165) is 23.6 Å². The summed E-state index contributed by atoms with van der Waals surface area (Å²) >= 11 is 0. The van der Waals surface area contributed by atoms with Gasteiger partial charge in [0.25, 0.3) is 11.1 Å². The lowest BCUT2D eigenvalue weighted by atomic mass is 9.77. The highest BCUT2D eigenvalue weighted by molar-refractivity contribution is 5.90. The molecule has 36 heavy (non-hydrogen) atoms. The molecule has 2 aromatic heterocycles. The summed E-state index contributed by atoms with van der Waals surface area (Å²) < 4.78 is 62.2. The van der Waals surface area contributed by atoms with Crippen molar-refractivity contribution >= 4 is 16.6 Å². The molecule has 3 aromatic rings. The summed E-state index contributed by atoms with van der Waals surface area (Å²) in [7, 11) is 1.40. The number of anilines is 1. The van der Waals surface area contributed by atoms with Crippen molar-refractivity contribution in [3.8, 4) is 0 Å². The fraction of sp³-hybridized carbons (Fsp3) is 0.458. The van der Waals surface area contributed by atoms with Gasteiger partial charge in [0.1, 0.15) is 5.82 Å². The molecule has 2 saturated heterocycles. The first-order chi connectivity index (χ1) is 17.0. The van der Waals surface area contributed by atoms with Crippen LogP contribution in [0.25, 0.3) is 10.8 Å². The smallest absolute Gasteiger partial charge is 0.380 e. The molecular weight excluding hydrogens is 482 g/mol. The number of benzene rings is 1. The first-order valence-corrected chi connectivity index (χ1v) is 11.6. The van der Waals surface area contributed by atoms with Gasteiger partial charge in [-0.1, -0.05) is 12.1 Å². The highest BCUT2D eigenvalue weighted by atomic mass is 19.4. The van der Waals surface area contributed by atoms with Gasteiger partial charge in [-0.15, -0.1) is 0 Å². The molecule has 1 atom stereocenters. The number of hydrogen-bond donors (Lipinski definition) is 1. The zero-order valence-corrected chi connectivity index (χ0v) is 19.7. The SMILES string of the molecule is C[C@@H](Nc1nn(C)c(=O)c2cc(=O)n(N3CCC4(CC3)COC4)cc12)c1cccc(C(F)(F)F)c1F. The summed E-state index contributed by atoms with van der Waals surface area (Å²) in [5.74, 6) is -1.23. The van der Waals surface area contributed by atoms with E-state index >= 15 is 0 Å². The van der Waals surface area contributed by atoms with E-state index in [9.17, 15) is 27.2 Å². The lowest BCUT2D eigenvalue weighted by Gasteiger charge is -2.47. The number of nitrogens with one attached hydrogen (secondary N) is 1. The minimum absolute atomic E-state index is 0.105. The highest BCUT2D eigenvalue weighted by Gasteiger charge is 2.41. The third-order valence-electron chi connectivity index (χ3n) is 7.14. The van der Waals surface area contributed by atoms with Gasteiger partial charge < -0.3 is 15.1 Å². The van der Waals surface area contributed by atoms with E-state index in [1.165, 1.54) is 37.0 Å². The average molecular weight is 507 g/mol. The van der Waals surface area contributed by atoms with E-state index in [1.54, 1.807) is 0 Å². The number of aryl methyl sites for hydroxylation is 1. The van der Waals surface area contributed by atoms with Gasteiger partial charge >= 0.3 is 6.18 Å². The van der Waals surface area contributed by atoms with Gasteiger partial charge in [0.15, 0.2) is 5.82 Å². The second-order valence-electron chi connectivity index (χ2n) is 9.58. The fourth-order valence-electron chi connectivity index (χ4n) is 4.89. The Kier molecular flexibility index (Phi) is 5.81. The number of fused-ring (bicyclic) bond motifs is 1. The van der Waals surface area contributed by atoms with Crippen molar-refractivity contribution in [1.82, 2.24) is 14.5 Å². The maximum Gasteiger partial charge on any atom is 0.419 e. The number of ether oxygens (including phenoxy) is 1. The molecule has 2 fully saturated rings. The zero-order chi connectivity index (χ0) is 25.8. The maximum atomic E-state index is 14.7. The van der Waals surface area contributed by atoms with Crippen LogP contribution in [0.15, 0.2) is 40.1 Å². The van der Waals surface area contributed by atoms with E-state index in [-0.39, 0.29) is 27.7 Å². The van der Waals surface area contributed by atoms with Gasteiger partial charge in [0, 0.05) is 43.4 Å². The fourth-order valence-corrected chi connectivity index (χ4v) is 4.89. The van der Waals surface area contributed by atoms with Gasteiger partial charge in [-0.3, -0.25) is 9.59 Å². The van der Waals surface area contributed by atoms with Crippen LogP contribution in [-0.2, 0) is 18.0 Å². The van der Waals surface area contributed by atoms with Crippen molar-refractivity contribution in [3.63, 3.8) is 0 Å². The molecule has 0 radical (unpaired) electrons. The standard InChI is InChI=1S/C24H25F4N5O3/c1-14(15-4-3-5-18(20(15)25)24(26,27)28)29-21-17-11-33(19(34)10-16(17)22(35)31(2)30-21)32-8-6-23(7-9-32)12-36-13-23/h3-5,10-11,14H,6-9,12-13H2,1-2H3,(H,29,30)/t14-/m1/s1. The van der Waals surface area contributed by atoms with Crippen LogP contribution < -0.4 is 21.4 Å². The molecule has 2 aliphatic rings. The van der Waals surface area contributed by atoms with Crippen molar-refractivity contribution < 1.29 is 22.3 Å². The number of halogens is 4. The molecular formula is C24H25F4N5O3. The topological polar surface area (TPSA) is 81.4 Å². The molecule has 0 saturated carbocycles. The van der Waals surface area contributed by atoms with Crippen LogP contribution in [0.1, 0.15) is 36.9 Å². The molecule has 0 amide bonds. The minimum Gasteiger partial charge on any atom is -0.380 e. The van der Waals surface area contributed by atoms with Crippen molar-refractivity contribution in [1.29, 1.82) is 0 Å². The number of nitrogens with zero attached hydrogens (tertiary/aromatic N) is 4. The van der Waals surface area contributed by atoms with Crippen molar-refractivity contribution in [2.45, 2.75) is 32.0 Å². The number of piperidine rings is 1. The Morgan fingerprint density at radius 3 is 2.44 bits per heavy atom. The van der Waals surface area contributed by atoms with Crippen LogP contribution in [0.5, 0.6) is 0 Å². The van der Waals surface area contributed by atoms with E-state index < -0.39 is 29.2 Å². The monoisotopic (exact) mass is 507 g/mol. The van der Waals surface area contributed by atoms with Gasteiger partial charge in [0.05, 0.1) is 35.6 Å². The van der Waals surface area contributed by atoms with Crippen molar-refractivity contribution in [2.75, 3.05) is 36.6 Å². The second kappa shape index (κ2) is 8.61. The summed E-state index contributed by atoms with van der Waals surface area (Å²) in [5.41, 5.74) is -2.28. The van der Waals surface area contributed by atoms with Gasteiger partial charge in [-0.2, -0.15) is 18.3 Å². The molecule has 12 heteroatoms. The van der Waals surface area contributed by atoms with Crippen LogP contribution in [0, 0.1) is 11.2 Å². The number of aromatic nitrogens is 3. The number of hydrogen-bond acceptors (Lipinski definition) is 6. The normalized spacial score (nSPS) is 18.3. The van der Waals surface area contributed by atoms with Crippen molar-refractivity contribution in [3.05, 3.63) is 68.1 Å². The molecule has 2 aliphatic heterocycles. The molecule has 4 heterocycles. The predicted molar refractivity (Wildman–Crippen MR) is 125 cm³/mol. The molecule has 192 valence electrons. The molecule has 1 spiro atoms. The van der Waals surface area contributed by atoms with Crippen LogP contribution in [-0.4, -0.2) is 40.8 Å². The molecule has 0 bridgehead atoms. The average Bonchev–Trinajstić information content (AvgIpc) is 2.80. The Labute approximate surface area is 203 Å². The molecule has 0 unspecified atom stereocenters. The third kappa shape index (κ3) is 4.12. The first-order valence-electron chi connectivity index (χ1n) is 11.6. The molecule has 5 rings (SSSR count). The Hall–Kier alpha value is -3.41. The van der Waals surface area contributed by atoms with E-state index in [4.69, 9.17) is 4.74 Å². The number of pyridine rings is 1. The molecule has 0 aliphatic carbocycles. The summed E-state index contributed by atoms with van der Waals surface area (Å²) in [6.45, 7) is 4.18. The Morgan fingerprint density at radius 2 is 1.83 bits per heavy atom. The Bertz CT molecular complexity index is 1430. The zero-order valence-electron chi connectivity index (χ0n) is 19.7. The van der Waals surface area contributed by atoms with Crippen LogP contribution in [0.4, 0.5) is 23.4 Å². The predicted octanol–water partition coefficient (Wildman–Crippen LogP) is 3.17. The van der Waals surface area contributed by atoms with Crippen LogP contribution >= 0.6 is 0 Å². The highest BCUT2D eigenvalue weighted by Crippen LogP contribution is 2.38. The minimum atomic E-state index is -4.84. The van der Waals surface area contributed by atoms with E-state index in [2.05, 4.69) is 10.4 Å². The van der Waals surface area contributed by atoms with E-state index in [0.29, 0.717) is 37.8 Å². The van der Waals surface area contributed by atoms with Crippen molar-refractivity contribution in [2.24, 2.45) is 12.5 Å². The lowest BCUT2D eigenvalue weighted by Crippen LogP contribution is -2.55. The summed E-state index contributed by atoms with van der Waals surface area (Å²) in [4.78, 5) is 25.7. The lowest BCUT2D eigenvalue weighted by molar-refractivity contribution is -0.140. The Morgan fingerprint density at radius 1 is 1.14 bits per heavy atom. The van der Waals surface area contributed by atoms with Gasteiger partial charge in [-0.05, 0) is 25.8 Å². The van der Waals surface area contributed by atoms with Crippen LogP contribution in [0.3, 0.4) is 0 Å². The van der Waals surface area contributed by atoms with Crippen LogP contribution in [0.2, 0.25) is 0 Å². The molecule has 8 nitrogen and oxygen atoms in total. The first kappa shape index (κ1) is 24.3. The number of alkyl halides is 3. The quantitative estimate of drug-likeness (QED) is 0.547. The third-order valence-corrected chi connectivity index (χ3v) is 7.14. The Balaban J connectivity index is 1.53. The summed E-state index contributed by atoms with van der Waals surface area (Å²) in [5, 5.41) is 9.47. The molecule has 1 N–H and O–H groups in total. The van der Waals surface area contributed by atoms with Gasteiger partial charge in [0.2, 0.25) is 0 Å². The van der Waals surface area contributed by atoms with Gasteiger partial charge in [-0.25, -0.2) is 13.7 Å². The summed E-state index contributed by atoms with van der Waals surface area (Å²) in [6, 6.07) is 3.39. The second-order valence-corrected chi connectivity index (χ2v) is 9.58. The number of rotatable bonds is 4. The largest absolute Gasteiger partial charge is 0.419 e. The summed E-state index contributed by atoms with van der Waals surface area (Å²) in [6.07, 6.45) is -1.60. The van der Waals surface area contributed by atoms with E-state index in [1.807, 2.05) is 5.01 Å². The molecule has 1 aromatic carbocycles.